The van der Waals surface area contributed by atoms with E-state index in [2.05, 4.69) is 0 Å². The summed E-state index contributed by atoms with van der Waals surface area (Å²) in [5.41, 5.74) is 0.916. The molecule has 0 amide bonds. The molecule has 0 spiro atoms. The van der Waals surface area contributed by atoms with Crippen LogP contribution in [0.2, 0.25) is 0 Å². The van der Waals surface area contributed by atoms with Gasteiger partial charge in [-0.2, -0.15) is 0 Å². The quantitative estimate of drug-likeness (QED) is 0.364. The number of ether oxygens (including phenoxy) is 3. The summed E-state index contributed by atoms with van der Waals surface area (Å²) < 4.78 is 16.1. The molecular formula is C25H16O7. The molecule has 0 fully saturated rings. The van der Waals surface area contributed by atoms with Crippen molar-refractivity contribution in [1.29, 1.82) is 0 Å². The first-order valence-corrected chi connectivity index (χ1v) is 9.96. The predicted molar refractivity (Wildman–Crippen MR) is 112 cm³/mol. The average molecular weight is 428 g/mol. The summed E-state index contributed by atoms with van der Waals surface area (Å²) in [4.78, 5) is 51.1. The van der Waals surface area contributed by atoms with Crippen molar-refractivity contribution in [2.75, 3.05) is 19.8 Å². The molecule has 0 unspecified atom stereocenters. The molecule has 3 aromatic rings. The lowest BCUT2D eigenvalue weighted by atomic mass is 9.82. The maximum absolute atomic E-state index is 13.0. The molecule has 7 nitrogen and oxygen atoms in total. The Morgan fingerprint density at radius 3 is 2.25 bits per heavy atom. The lowest BCUT2D eigenvalue weighted by Gasteiger charge is -2.19. The van der Waals surface area contributed by atoms with Crippen LogP contribution in [0.4, 0.5) is 0 Å². The van der Waals surface area contributed by atoms with Crippen molar-refractivity contribution in [3.8, 4) is 11.5 Å². The standard InChI is InChI=1S/C25H16O7/c26-19(14-8-9-20-21(12-14)31-11-10-30-20)13-32-25(29)18-7-3-6-17-22(18)24(28)16-5-2-1-4-15(16)23(17)27/h1-9,12H,10-11,13H2. The Kier molecular flexibility index (Phi) is 4.78. The van der Waals surface area contributed by atoms with Gasteiger partial charge in [0, 0.05) is 27.8 Å². The van der Waals surface area contributed by atoms with Crippen LogP contribution in [0.5, 0.6) is 11.5 Å². The van der Waals surface area contributed by atoms with Crippen molar-refractivity contribution < 1.29 is 33.4 Å². The van der Waals surface area contributed by atoms with E-state index in [-0.39, 0.29) is 28.0 Å². The third-order valence-electron chi connectivity index (χ3n) is 5.37. The smallest absolute Gasteiger partial charge is 0.339 e. The minimum absolute atomic E-state index is 0.00650. The molecule has 0 saturated carbocycles. The summed E-state index contributed by atoms with van der Waals surface area (Å²) in [6, 6.07) is 15.6. The van der Waals surface area contributed by atoms with E-state index in [0.29, 0.717) is 35.8 Å². The topological polar surface area (TPSA) is 96.0 Å². The molecule has 5 rings (SSSR count). The molecule has 1 aliphatic heterocycles. The third kappa shape index (κ3) is 3.24. The number of ketones is 3. The Labute approximate surface area is 182 Å². The molecule has 1 aliphatic carbocycles. The van der Waals surface area contributed by atoms with Crippen LogP contribution in [-0.4, -0.2) is 43.1 Å². The van der Waals surface area contributed by atoms with Gasteiger partial charge in [-0.15, -0.1) is 0 Å². The third-order valence-corrected chi connectivity index (χ3v) is 5.37. The summed E-state index contributed by atoms with van der Waals surface area (Å²) in [5, 5.41) is 0. The summed E-state index contributed by atoms with van der Waals surface area (Å²) >= 11 is 0. The van der Waals surface area contributed by atoms with E-state index in [1.165, 1.54) is 24.3 Å². The molecular weight excluding hydrogens is 412 g/mol. The van der Waals surface area contributed by atoms with Gasteiger partial charge in [0.2, 0.25) is 0 Å². The number of Topliss-reactive ketones (excluding diaryl/α,β-unsaturated/α-hetero) is 1. The molecule has 0 saturated heterocycles. The van der Waals surface area contributed by atoms with Crippen LogP contribution in [0.3, 0.4) is 0 Å². The fourth-order valence-electron chi connectivity index (χ4n) is 3.82. The summed E-state index contributed by atoms with van der Waals surface area (Å²) in [7, 11) is 0. The number of fused-ring (bicyclic) bond motifs is 3. The number of rotatable bonds is 4. The molecule has 1 heterocycles. The lowest BCUT2D eigenvalue weighted by molar-refractivity contribution is 0.0472. The van der Waals surface area contributed by atoms with Crippen LogP contribution >= 0.6 is 0 Å². The van der Waals surface area contributed by atoms with Crippen LogP contribution in [0.15, 0.2) is 60.7 Å². The second-order valence-electron chi connectivity index (χ2n) is 7.29. The zero-order valence-electron chi connectivity index (χ0n) is 16.8. The number of benzene rings is 3. The van der Waals surface area contributed by atoms with Crippen molar-refractivity contribution in [3.05, 3.63) is 94.0 Å². The number of carbonyl (C=O) groups is 4. The van der Waals surface area contributed by atoms with Crippen LogP contribution < -0.4 is 9.47 Å². The van der Waals surface area contributed by atoms with Gasteiger partial charge in [-0.05, 0) is 24.3 Å². The molecule has 0 radical (unpaired) electrons. The van der Waals surface area contributed by atoms with Gasteiger partial charge in [0.25, 0.3) is 0 Å². The highest BCUT2D eigenvalue weighted by molar-refractivity contribution is 6.30. The highest BCUT2D eigenvalue weighted by Crippen LogP contribution is 2.32. The van der Waals surface area contributed by atoms with Gasteiger partial charge in [-0.3, -0.25) is 14.4 Å². The number of hydrogen-bond acceptors (Lipinski definition) is 7. The first kappa shape index (κ1) is 19.7. The van der Waals surface area contributed by atoms with Crippen molar-refractivity contribution in [1.82, 2.24) is 0 Å². The zero-order valence-corrected chi connectivity index (χ0v) is 16.8. The van der Waals surface area contributed by atoms with Crippen molar-refractivity contribution in [2.24, 2.45) is 0 Å². The fourth-order valence-corrected chi connectivity index (χ4v) is 3.82. The summed E-state index contributed by atoms with van der Waals surface area (Å²) in [5.74, 6) is -1.06. The van der Waals surface area contributed by atoms with E-state index >= 15 is 0 Å². The van der Waals surface area contributed by atoms with Gasteiger partial charge < -0.3 is 14.2 Å². The molecule has 0 bridgehead atoms. The van der Waals surface area contributed by atoms with Crippen LogP contribution in [0.25, 0.3) is 0 Å². The predicted octanol–water partition coefficient (Wildman–Crippen LogP) is 3.27. The van der Waals surface area contributed by atoms with Crippen molar-refractivity contribution in [3.63, 3.8) is 0 Å². The lowest BCUT2D eigenvalue weighted by Crippen LogP contribution is -2.25. The first-order chi connectivity index (χ1) is 15.5. The monoisotopic (exact) mass is 428 g/mol. The number of carbonyl (C=O) groups excluding carboxylic acids is 4. The fraction of sp³-hybridized carbons (Fsp3) is 0.120. The average Bonchev–Trinajstić information content (AvgIpc) is 2.84. The normalized spacial score (nSPS) is 13.8. The van der Waals surface area contributed by atoms with Crippen LogP contribution in [-0.2, 0) is 4.74 Å². The Morgan fingerprint density at radius 1 is 0.781 bits per heavy atom. The molecule has 2 aliphatic rings. The van der Waals surface area contributed by atoms with E-state index in [9.17, 15) is 19.2 Å². The molecule has 0 atom stereocenters. The molecule has 3 aromatic carbocycles. The van der Waals surface area contributed by atoms with E-state index in [0.717, 1.165) is 0 Å². The maximum Gasteiger partial charge on any atom is 0.339 e. The molecule has 7 heteroatoms. The summed E-state index contributed by atoms with van der Waals surface area (Å²) in [6.07, 6.45) is 0. The Bertz CT molecular complexity index is 1310. The van der Waals surface area contributed by atoms with Crippen molar-refractivity contribution >= 4 is 23.3 Å². The van der Waals surface area contributed by atoms with Crippen LogP contribution in [0.1, 0.15) is 52.6 Å². The second-order valence-corrected chi connectivity index (χ2v) is 7.29. The van der Waals surface area contributed by atoms with Crippen molar-refractivity contribution in [2.45, 2.75) is 0 Å². The van der Waals surface area contributed by atoms with Crippen LogP contribution in [0, 0.1) is 0 Å². The largest absolute Gasteiger partial charge is 0.486 e. The van der Waals surface area contributed by atoms with Gasteiger partial charge in [0.05, 0.1) is 5.56 Å². The van der Waals surface area contributed by atoms with Gasteiger partial charge in [0.15, 0.2) is 35.5 Å². The SMILES string of the molecule is O=C(COC(=O)c1cccc2c1C(=O)c1ccccc1C2=O)c1ccc2c(c1)OCCO2. The highest BCUT2D eigenvalue weighted by atomic mass is 16.6. The summed E-state index contributed by atoms with van der Waals surface area (Å²) in [6.45, 7) is 0.292. The second kappa shape index (κ2) is 7.77. The van der Waals surface area contributed by atoms with Gasteiger partial charge in [0.1, 0.15) is 13.2 Å². The minimum Gasteiger partial charge on any atom is -0.486 e. The van der Waals surface area contributed by atoms with E-state index in [4.69, 9.17) is 14.2 Å². The van der Waals surface area contributed by atoms with E-state index < -0.39 is 24.1 Å². The Hall–Kier alpha value is -4.26. The molecule has 0 aromatic heterocycles. The molecule has 158 valence electrons. The number of esters is 1. The number of hydrogen-bond donors (Lipinski definition) is 0. The maximum atomic E-state index is 13.0. The Balaban J connectivity index is 1.38. The first-order valence-electron chi connectivity index (χ1n) is 9.96. The van der Waals surface area contributed by atoms with E-state index in [1.807, 2.05) is 0 Å². The zero-order chi connectivity index (χ0) is 22.2. The highest BCUT2D eigenvalue weighted by Gasteiger charge is 2.33. The Morgan fingerprint density at radius 2 is 1.47 bits per heavy atom. The van der Waals surface area contributed by atoms with Gasteiger partial charge >= 0.3 is 5.97 Å². The minimum atomic E-state index is -0.853. The van der Waals surface area contributed by atoms with Gasteiger partial charge in [-0.1, -0.05) is 36.4 Å². The molecule has 32 heavy (non-hydrogen) atoms. The molecule has 0 N–H and O–H groups in total. The van der Waals surface area contributed by atoms with Gasteiger partial charge in [-0.25, -0.2) is 4.79 Å². The van der Waals surface area contributed by atoms with E-state index in [1.54, 1.807) is 36.4 Å².